The summed E-state index contributed by atoms with van der Waals surface area (Å²) in [5.41, 5.74) is 1.63. The topological polar surface area (TPSA) is 55.4 Å². The maximum atomic E-state index is 11.2. The van der Waals surface area contributed by atoms with Crippen LogP contribution in [0.25, 0.3) is 0 Å². The number of hydrogen-bond acceptors (Lipinski definition) is 4. The van der Waals surface area contributed by atoms with E-state index in [1.165, 1.54) is 7.11 Å². The number of carbonyl (C=O) groups excluding carboxylic acids is 1. The quantitative estimate of drug-likeness (QED) is 0.792. The maximum absolute atomic E-state index is 11.2. The number of hydrogen-bond donors (Lipinski definition) is 1. The highest BCUT2D eigenvalue weighted by molar-refractivity contribution is 7.84. The van der Waals surface area contributed by atoms with E-state index in [4.69, 9.17) is 0 Å². The Balaban J connectivity index is 2.49. The van der Waals surface area contributed by atoms with E-state index in [-0.39, 0.29) is 12.0 Å². The van der Waals surface area contributed by atoms with E-state index < -0.39 is 10.8 Å². The summed E-state index contributed by atoms with van der Waals surface area (Å²) in [5.74, 6) is 0.310. The highest BCUT2D eigenvalue weighted by Gasteiger charge is 2.06. The summed E-state index contributed by atoms with van der Waals surface area (Å²) in [7, 11) is 0.577. The largest absolute Gasteiger partial charge is 0.465 e. The van der Waals surface area contributed by atoms with E-state index in [9.17, 15) is 9.00 Å². The summed E-state index contributed by atoms with van der Waals surface area (Å²) in [6, 6.07) is 7.46. The molecule has 0 bridgehead atoms. The number of nitrogens with one attached hydrogen (secondary N) is 1. The molecule has 4 nitrogen and oxygen atoms in total. The number of ether oxygens (including phenoxy) is 1. The second-order valence-corrected chi connectivity index (χ2v) is 5.69. The van der Waals surface area contributed by atoms with Gasteiger partial charge in [0.15, 0.2) is 0 Å². The molecule has 2 atom stereocenters. The second-order valence-electron chi connectivity index (χ2n) is 4.21. The van der Waals surface area contributed by atoms with Crippen LogP contribution in [0.2, 0.25) is 0 Å². The molecule has 0 spiro atoms. The minimum Gasteiger partial charge on any atom is -0.465 e. The van der Waals surface area contributed by atoms with Gasteiger partial charge < -0.3 is 10.1 Å². The van der Waals surface area contributed by atoms with Crippen molar-refractivity contribution in [3.8, 4) is 0 Å². The second kappa shape index (κ2) is 7.28. The first-order valence-corrected chi connectivity index (χ1v) is 7.46. The lowest BCUT2D eigenvalue weighted by molar-refractivity contribution is 0.0600. The van der Waals surface area contributed by atoms with Crippen LogP contribution < -0.4 is 5.32 Å². The van der Waals surface area contributed by atoms with E-state index in [1.54, 1.807) is 18.4 Å². The van der Waals surface area contributed by atoms with Crippen molar-refractivity contribution in [1.29, 1.82) is 0 Å². The minimum atomic E-state index is -0.788. The maximum Gasteiger partial charge on any atom is 0.337 e. The highest BCUT2D eigenvalue weighted by atomic mass is 32.2. The zero-order valence-electron chi connectivity index (χ0n) is 10.9. The molecule has 5 heteroatoms. The van der Waals surface area contributed by atoms with Crippen molar-refractivity contribution in [2.75, 3.05) is 19.1 Å². The summed E-state index contributed by atoms with van der Waals surface area (Å²) in [6.45, 7) is 2.70. The predicted molar refractivity (Wildman–Crippen MR) is 73.0 cm³/mol. The average Bonchev–Trinajstić information content (AvgIpc) is 2.35. The van der Waals surface area contributed by atoms with Crippen molar-refractivity contribution in [3.05, 3.63) is 35.4 Å². The van der Waals surface area contributed by atoms with E-state index in [0.717, 1.165) is 5.56 Å². The van der Waals surface area contributed by atoms with Gasteiger partial charge >= 0.3 is 5.97 Å². The first-order valence-electron chi connectivity index (χ1n) is 5.73. The minimum absolute atomic E-state index is 0.205. The Morgan fingerprint density at radius 3 is 2.50 bits per heavy atom. The summed E-state index contributed by atoms with van der Waals surface area (Å²) < 4.78 is 15.7. The van der Waals surface area contributed by atoms with Gasteiger partial charge in [0.25, 0.3) is 0 Å². The van der Waals surface area contributed by atoms with Crippen molar-refractivity contribution >= 4 is 16.8 Å². The molecular formula is C13H19NO3S. The molecule has 100 valence electrons. The summed E-state index contributed by atoms with van der Waals surface area (Å²) in [4.78, 5) is 11.2. The van der Waals surface area contributed by atoms with Crippen molar-refractivity contribution in [2.24, 2.45) is 0 Å². The predicted octanol–water partition coefficient (Wildman–Crippen LogP) is 1.33. The zero-order chi connectivity index (χ0) is 13.5. The molecule has 2 unspecified atom stereocenters. The molecule has 1 aromatic carbocycles. The van der Waals surface area contributed by atoms with E-state index in [1.807, 2.05) is 19.1 Å². The zero-order valence-corrected chi connectivity index (χ0v) is 11.8. The van der Waals surface area contributed by atoms with Crippen LogP contribution in [0.15, 0.2) is 24.3 Å². The van der Waals surface area contributed by atoms with Gasteiger partial charge in [-0.15, -0.1) is 0 Å². The molecule has 0 aliphatic carbocycles. The van der Waals surface area contributed by atoms with Crippen LogP contribution in [0.4, 0.5) is 0 Å². The summed E-state index contributed by atoms with van der Waals surface area (Å²) in [6.07, 6.45) is 1.70. The monoisotopic (exact) mass is 269 g/mol. The molecule has 0 aliphatic heterocycles. The molecule has 0 amide bonds. The Morgan fingerprint density at radius 2 is 2.00 bits per heavy atom. The van der Waals surface area contributed by atoms with Crippen molar-refractivity contribution in [2.45, 2.75) is 19.5 Å². The van der Waals surface area contributed by atoms with Crippen molar-refractivity contribution in [1.82, 2.24) is 5.32 Å². The standard InChI is InChI=1S/C13H19NO3S/c1-10(9-18(3)16)14-8-11-4-6-12(7-5-11)13(15)17-2/h4-7,10,14H,8-9H2,1-3H3. The number of esters is 1. The lowest BCUT2D eigenvalue weighted by Crippen LogP contribution is -2.30. The first-order chi connectivity index (χ1) is 8.52. The molecule has 0 aliphatic rings. The highest BCUT2D eigenvalue weighted by Crippen LogP contribution is 2.05. The summed E-state index contributed by atoms with van der Waals surface area (Å²) >= 11 is 0. The van der Waals surface area contributed by atoms with Crippen LogP contribution in [0, 0.1) is 0 Å². The van der Waals surface area contributed by atoms with Gasteiger partial charge in [-0.25, -0.2) is 4.79 Å². The molecule has 0 aromatic heterocycles. The SMILES string of the molecule is COC(=O)c1ccc(CNC(C)CS(C)=O)cc1. The fourth-order valence-electron chi connectivity index (χ4n) is 1.58. The Labute approximate surface area is 110 Å². The van der Waals surface area contributed by atoms with Gasteiger partial charge in [0.1, 0.15) is 0 Å². The molecule has 0 heterocycles. The van der Waals surface area contributed by atoms with Gasteiger partial charge in [-0.05, 0) is 24.6 Å². The normalized spacial score (nSPS) is 13.9. The smallest absolute Gasteiger partial charge is 0.337 e. The molecule has 0 fully saturated rings. The van der Waals surface area contributed by atoms with Crippen LogP contribution in [0.3, 0.4) is 0 Å². The first kappa shape index (κ1) is 14.9. The molecule has 0 saturated heterocycles. The van der Waals surface area contributed by atoms with Crippen LogP contribution in [-0.4, -0.2) is 35.3 Å². The molecule has 1 N–H and O–H groups in total. The Bertz CT molecular complexity index is 417. The van der Waals surface area contributed by atoms with Gasteiger partial charge in [-0.1, -0.05) is 12.1 Å². The lowest BCUT2D eigenvalue weighted by Gasteiger charge is -2.12. The van der Waals surface area contributed by atoms with Crippen LogP contribution >= 0.6 is 0 Å². The molecule has 1 aromatic rings. The van der Waals surface area contributed by atoms with Crippen molar-refractivity contribution < 1.29 is 13.7 Å². The Hall–Kier alpha value is -1.20. The third-order valence-corrected chi connectivity index (χ3v) is 3.48. The van der Waals surface area contributed by atoms with Crippen molar-refractivity contribution in [3.63, 3.8) is 0 Å². The van der Waals surface area contributed by atoms with Gasteiger partial charge in [0.2, 0.25) is 0 Å². The van der Waals surface area contributed by atoms with Gasteiger partial charge in [0, 0.05) is 35.4 Å². The molecular weight excluding hydrogens is 250 g/mol. The average molecular weight is 269 g/mol. The van der Waals surface area contributed by atoms with Crippen LogP contribution in [0.1, 0.15) is 22.8 Å². The fourth-order valence-corrected chi connectivity index (χ4v) is 2.40. The van der Waals surface area contributed by atoms with E-state index in [2.05, 4.69) is 10.1 Å². The fraction of sp³-hybridized carbons (Fsp3) is 0.462. The number of methoxy groups -OCH3 is 1. The molecule has 18 heavy (non-hydrogen) atoms. The number of carbonyl (C=O) groups is 1. The molecule has 0 radical (unpaired) electrons. The number of rotatable bonds is 6. The van der Waals surface area contributed by atoms with Crippen LogP contribution in [0.5, 0.6) is 0 Å². The van der Waals surface area contributed by atoms with Gasteiger partial charge in [-0.2, -0.15) is 0 Å². The lowest BCUT2D eigenvalue weighted by atomic mass is 10.1. The number of benzene rings is 1. The van der Waals surface area contributed by atoms with Crippen LogP contribution in [-0.2, 0) is 22.1 Å². The molecule has 1 rings (SSSR count). The molecule has 0 saturated carbocycles. The third-order valence-electron chi connectivity index (χ3n) is 2.51. The Morgan fingerprint density at radius 1 is 1.39 bits per heavy atom. The third kappa shape index (κ3) is 4.98. The summed E-state index contributed by atoms with van der Waals surface area (Å²) in [5, 5.41) is 3.28. The van der Waals surface area contributed by atoms with Gasteiger partial charge in [0.05, 0.1) is 12.7 Å². The van der Waals surface area contributed by atoms with E-state index >= 15 is 0 Å². The van der Waals surface area contributed by atoms with Gasteiger partial charge in [-0.3, -0.25) is 4.21 Å². The Kier molecular flexibility index (Phi) is 6.01. The van der Waals surface area contributed by atoms with E-state index in [0.29, 0.717) is 17.9 Å².